The van der Waals surface area contributed by atoms with Crippen LogP contribution in [0.3, 0.4) is 0 Å². The average molecular weight is 374 g/mol. The topological polar surface area (TPSA) is 12.5 Å². The van der Waals surface area contributed by atoms with Crippen molar-refractivity contribution in [3.05, 3.63) is 90.5 Å². The molecule has 2 aromatic rings. The van der Waals surface area contributed by atoms with Crippen LogP contribution in [0.4, 0.5) is 0 Å². The normalized spacial score (nSPS) is 11.3. The van der Waals surface area contributed by atoms with Crippen LogP contribution in [0.25, 0.3) is 0 Å². The van der Waals surface area contributed by atoms with Crippen molar-refractivity contribution in [3.63, 3.8) is 0 Å². The molecule has 0 unspecified atom stereocenters. The fraction of sp³-hybridized carbons (Fsp3) is 0.308. The average Bonchev–Trinajstić information content (AvgIpc) is 2.66. The van der Waals surface area contributed by atoms with Gasteiger partial charge in [-0.25, -0.2) is 0 Å². The summed E-state index contributed by atoms with van der Waals surface area (Å²) in [4.78, 5) is 2.32. The summed E-state index contributed by atoms with van der Waals surface area (Å²) in [6.07, 6.45) is 5.99. The quantitative estimate of drug-likeness (QED) is 0.403. The molecule has 0 N–H and O–H groups in total. The summed E-state index contributed by atoms with van der Waals surface area (Å²) < 4.78 is 5.95. The van der Waals surface area contributed by atoms with Crippen molar-refractivity contribution in [1.82, 2.24) is 4.90 Å². The second-order valence-corrected chi connectivity index (χ2v) is 7.83. The minimum absolute atomic E-state index is 0.0331. The van der Waals surface area contributed by atoms with Gasteiger partial charge in [0.1, 0.15) is 12.4 Å². The summed E-state index contributed by atoms with van der Waals surface area (Å²) in [6, 6.07) is 18.5. The number of nitrogens with zero attached hydrogens (tertiary/aromatic N) is 1. The Morgan fingerprint density at radius 2 is 1.75 bits per heavy atom. The molecule has 0 aliphatic heterocycles. The number of hydrogen-bond acceptors (Lipinski definition) is 2. The summed E-state index contributed by atoms with van der Waals surface area (Å²) in [5, 5.41) is 0. The highest BCUT2D eigenvalue weighted by molar-refractivity contribution is 5.29. The molecule has 0 heterocycles. The number of hydrogen-bond donors (Lipinski definition) is 0. The first-order chi connectivity index (χ1) is 13.5. The molecule has 2 nitrogen and oxygen atoms in total. The van der Waals surface area contributed by atoms with Gasteiger partial charge in [0.2, 0.25) is 0 Å². The minimum atomic E-state index is 0.0331. The zero-order valence-corrected chi connectivity index (χ0v) is 17.3. The van der Waals surface area contributed by atoms with Crippen LogP contribution in [-0.2, 0) is 13.2 Å². The molecule has 0 saturated heterocycles. The van der Waals surface area contributed by atoms with Crippen LogP contribution >= 0.6 is 0 Å². The Kier molecular flexibility index (Phi) is 8.59. The standard InChI is InChI=1S/C26H31NO/c1-5-18-27(19-11-7-10-17-26(2,3)4)21-24-15-12-16-25(20-24)28-22-23-13-8-6-9-14-23/h5-9,11-16,20H,1,18-19,21-22H2,2-4H3. The number of allylic oxidation sites excluding steroid dienone is 1. The lowest BCUT2D eigenvalue weighted by Crippen LogP contribution is -2.23. The molecular formula is C26H31NO. The highest BCUT2D eigenvalue weighted by Gasteiger charge is 2.05. The molecule has 0 saturated carbocycles. The van der Waals surface area contributed by atoms with Gasteiger partial charge >= 0.3 is 0 Å². The van der Waals surface area contributed by atoms with Crippen LogP contribution in [0.5, 0.6) is 5.75 Å². The maximum absolute atomic E-state index is 5.95. The van der Waals surface area contributed by atoms with E-state index in [0.717, 1.165) is 25.4 Å². The second-order valence-electron chi connectivity index (χ2n) is 7.83. The van der Waals surface area contributed by atoms with Crippen molar-refractivity contribution >= 4 is 0 Å². The van der Waals surface area contributed by atoms with Gasteiger partial charge in [0.05, 0.1) is 0 Å². The van der Waals surface area contributed by atoms with Crippen LogP contribution in [0.15, 0.2) is 79.4 Å². The highest BCUT2D eigenvalue weighted by atomic mass is 16.5. The molecule has 2 heteroatoms. The molecule has 28 heavy (non-hydrogen) atoms. The van der Waals surface area contributed by atoms with Gasteiger partial charge in [0.15, 0.2) is 0 Å². The van der Waals surface area contributed by atoms with Crippen molar-refractivity contribution < 1.29 is 4.74 Å². The van der Waals surface area contributed by atoms with Gasteiger partial charge < -0.3 is 4.74 Å². The van der Waals surface area contributed by atoms with E-state index >= 15 is 0 Å². The van der Waals surface area contributed by atoms with Crippen LogP contribution in [0, 0.1) is 17.3 Å². The third-order valence-corrected chi connectivity index (χ3v) is 3.95. The highest BCUT2D eigenvalue weighted by Crippen LogP contribution is 2.17. The van der Waals surface area contributed by atoms with Gasteiger partial charge in [-0.05, 0) is 50.1 Å². The molecule has 0 fully saturated rings. The zero-order chi connectivity index (χ0) is 20.2. The van der Waals surface area contributed by atoms with E-state index in [1.807, 2.05) is 42.5 Å². The monoisotopic (exact) mass is 373 g/mol. The molecule has 146 valence electrons. The number of rotatable bonds is 9. The lowest BCUT2D eigenvalue weighted by Gasteiger charge is -2.19. The summed E-state index contributed by atoms with van der Waals surface area (Å²) in [6.45, 7) is 13.3. The Morgan fingerprint density at radius 1 is 1.00 bits per heavy atom. The van der Waals surface area contributed by atoms with E-state index in [1.54, 1.807) is 0 Å². The molecule has 2 aromatic carbocycles. The zero-order valence-electron chi connectivity index (χ0n) is 17.3. The molecule has 0 radical (unpaired) electrons. The smallest absolute Gasteiger partial charge is 0.120 e. The fourth-order valence-electron chi connectivity index (χ4n) is 2.64. The van der Waals surface area contributed by atoms with E-state index in [1.165, 1.54) is 11.1 Å². The molecular weight excluding hydrogens is 342 g/mol. The van der Waals surface area contributed by atoms with Gasteiger partial charge in [0.25, 0.3) is 0 Å². The first-order valence-corrected chi connectivity index (χ1v) is 9.73. The lowest BCUT2D eigenvalue weighted by molar-refractivity contribution is 0.302. The number of benzene rings is 2. The van der Waals surface area contributed by atoms with Crippen LogP contribution in [0.2, 0.25) is 0 Å². The third-order valence-electron chi connectivity index (χ3n) is 3.95. The molecule has 2 rings (SSSR count). The van der Waals surface area contributed by atoms with E-state index in [-0.39, 0.29) is 5.41 Å². The van der Waals surface area contributed by atoms with Gasteiger partial charge in [-0.1, -0.05) is 66.5 Å². The Hall–Kier alpha value is -2.76. The Labute approximate surface area is 170 Å². The first-order valence-electron chi connectivity index (χ1n) is 9.73. The Bertz CT molecular complexity index is 819. The van der Waals surface area contributed by atoms with Crippen molar-refractivity contribution in [2.75, 3.05) is 13.1 Å². The number of ether oxygens (including phenoxy) is 1. The molecule has 0 aliphatic rings. The largest absolute Gasteiger partial charge is 0.489 e. The third kappa shape index (κ3) is 8.75. The molecule has 0 aromatic heterocycles. The van der Waals surface area contributed by atoms with Crippen molar-refractivity contribution in [1.29, 1.82) is 0 Å². The Balaban J connectivity index is 1.93. The summed E-state index contributed by atoms with van der Waals surface area (Å²) in [5.41, 5.74) is 2.43. The maximum atomic E-state index is 5.95. The van der Waals surface area contributed by atoms with Crippen LogP contribution in [0.1, 0.15) is 31.9 Å². The van der Waals surface area contributed by atoms with E-state index in [9.17, 15) is 0 Å². The SMILES string of the molecule is C=CCN(CC=CC#CC(C)(C)C)Cc1cccc(OCc2ccccc2)c1. The van der Waals surface area contributed by atoms with E-state index < -0.39 is 0 Å². The van der Waals surface area contributed by atoms with Crippen molar-refractivity contribution in [3.8, 4) is 17.6 Å². The lowest BCUT2D eigenvalue weighted by atomic mass is 9.98. The Morgan fingerprint density at radius 3 is 2.46 bits per heavy atom. The van der Waals surface area contributed by atoms with Gasteiger partial charge in [-0.15, -0.1) is 6.58 Å². The van der Waals surface area contributed by atoms with E-state index in [2.05, 4.69) is 74.4 Å². The van der Waals surface area contributed by atoms with Gasteiger partial charge in [-0.2, -0.15) is 0 Å². The van der Waals surface area contributed by atoms with Gasteiger partial charge in [0, 0.05) is 25.0 Å². The molecule has 0 aliphatic carbocycles. The van der Waals surface area contributed by atoms with Crippen LogP contribution < -0.4 is 4.74 Å². The summed E-state index contributed by atoms with van der Waals surface area (Å²) in [5.74, 6) is 7.24. The summed E-state index contributed by atoms with van der Waals surface area (Å²) in [7, 11) is 0. The molecule has 0 amide bonds. The second kappa shape index (κ2) is 11.2. The summed E-state index contributed by atoms with van der Waals surface area (Å²) >= 11 is 0. The minimum Gasteiger partial charge on any atom is -0.489 e. The van der Waals surface area contributed by atoms with E-state index in [4.69, 9.17) is 4.74 Å². The predicted molar refractivity (Wildman–Crippen MR) is 119 cm³/mol. The van der Waals surface area contributed by atoms with Crippen molar-refractivity contribution in [2.24, 2.45) is 5.41 Å². The molecule has 0 spiro atoms. The van der Waals surface area contributed by atoms with Crippen LogP contribution in [-0.4, -0.2) is 18.0 Å². The fourth-order valence-corrected chi connectivity index (χ4v) is 2.64. The molecule has 0 atom stereocenters. The van der Waals surface area contributed by atoms with E-state index in [0.29, 0.717) is 6.61 Å². The van der Waals surface area contributed by atoms with Gasteiger partial charge in [-0.3, -0.25) is 4.90 Å². The predicted octanol–water partition coefficient (Wildman–Crippen LogP) is 5.86. The molecule has 0 bridgehead atoms. The van der Waals surface area contributed by atoms with Crippen molar-refractivity contribution in [2.45, 2.75) is 33.9 Å². The first kappa shape index (κ1) is 21.5. The maximum Gasteiger partial charge on any atom is 0.120 e.